The molecule has 1 saturated heterocycles. The number of amidine groups is 1. The monoisotopic (exact) mass is 397 g/mol. The number of rotatable bonds is 1. The summed E-state index contributed by atoms with van der Waals surface area (Å²) in [5, 5.41) is 0. The Morgan fingerprint density at radius 2 is 1.90 bits per heavy atom. The lowest BCUT2D eigenvalue weighted by molar-refractivity contribution is -0.0604. The number of nitrogens with zero attached hydrogens (tertiary/aromatic N) is 3. The van der Waals surface area contributed by atoms with Gasteiger partial charge in [-0.1, -0.05) is 36.4 Å². The molecule has 0 N–H and O–H groups in total. The molecule has 3 aliphatic heterocycles. The van der Waals surface area contributed by atoms with E-state index < -0.39 is 11.8 Å². The number of likely N-dealkylation sites (N-methyl/N-ethyl adjacent to an activating group) is 1. The highest BCUT2D eigenvalue weighted by molar-refractivity contribution is 5.78. The normalized spacial score (nSPS) is 29.5. The van der Waals surface area contributed by atoms with Crippen LogP contribution in [-0.4, -0.2) is 60.8 Å². The third-order valence-corrected chi connectivity index (χ3v) is 6.36. The fraction of sp³-hybridized carbons (Fsp3) is 0.435. The highest BCUT2D eigenvalue weighted by Crippen LogP contribution is 2.39. The summed E-state index contributed by atoms with van der Waals surface area (Å²) in [5.41, 5.74) is 2.51. The summed E-state index contributed by atoms with van der Waals surface area (Å²) in [5.74, 6) is -0.261. The van der Waals surface area contributed by atoms with Gasteiger partial charge in [0, 0.05) is 19.6 Å². The molecule has 0 amide bonds. The van der Waals surface area contributed by atoms with Gasteiger partial charge in [0.1, 0.15) is 12.0 Å². The van der Waals surface area contributed by atoms with Crippen LogP contribution in [0.5, 0.6) is 0 Å². The minimum atomic E-state index is -1.03. The lowest BCUT2D eigenvalue weighted by atomic mass is 9.88. The summed E-state index contributed by atoms with van der Waals surface area (Å²) >= 11 is 0. The van der Waals surface area contributed by atoms with E-state index in [4.69, 9.17) is 4.74 Å². The van der Waals surface area contributed by atoms with Crippen LogP contribution in [0.15, 0.2) is 53.5 Å². The Kier molecular flexibility index (Phi) is 4.54. The largest absolute Gasteiger partial charge is 0.452 e. The zero-order chi connectivity index (χ0) is 20.0. The molecule has 0 aromatic heterocycles. The van der Waals surface area contributed by atoms with Crippen molar-refractivity contribution in [2.75, 3.05) is 33.2 Å². The first-order valence-electron chi connectivity index (χ1n) is 10.2. The molecule has 1 spiro atoms. The van der Waals surface area contributed by atoms with Crippen LogP contribution in [-0.2, 0) is 11.2 Å². The SMILES string of the molecule is CN1CCC(F)C2(CN=C(N3CCc4ccccc4[C@@H]3c3ccc(F)cc3)O2)C1. The lowest BCUT2D eigenvalue weighted by Gasteiger charge is -2.42. The molecule has 3 atom stereocenters. The van der Waals surface area contributed by atoms with E-state index >= 15 is 0 Å². The summed E-state index contributed by atoms with van der Waals surface area (Å²) in [7, 11) is 1.99. The van der Waals surface area contributed by atoms with Crippen LogP contribution >= 0.6 is 0 Å². The highest BCUT2D eigenvalue weighted by atomic mass is 19.1. The number of likely N-dealkylation sites (tertiary alicyclic amines) is 1. The molecule has 152 valence electrons. The van der Waals surface area contributed by atoms with Crippen molar-refractivity contribution < 1.29 is 13.5 Å². The van der Waals surface area contributed by atoms with Crippen molar-refractivity contribution in [1.82, 2.24) is 9.80 Å². The van der Waals surface area contributed by atoms with E-state index in [1.54, 1.807) is 0 Å². The summed E-state index contributed by atoms with van der Waals surface area (Å²) in [6.07, 6.45) is 0.299. The van der Waals surface area contributed by atoms with E-state index in [1.165, 1.54) is 17.7 Å². The van der Waals surface area contributed by atoms with Crippen molar-refractivity contribution in [2.45, 2.75) is 30.7 Å². The molecule has 2 aromatic carbocycles. The first-order valence-corrected chi connectivity index (χ1v) is 10.2. The second-order valence-corrected chi connectivity index (χ2v) is 8.36. The maximum absolute atomic E-state index is 14.9. The van der Waals surface area contributed by atoms with Gasteiger partial charge in [0.25, 0.3) is 6.02 Å². The number of hydrogen-bond acceptors (Lipinski definition) is 4. The third kappa shape index (κ3) is 3.19. The van der Waals surface area contributed by atoms with E-state index in [1.807, 2.05) is 31.3 Å². The molecule has 3 aliphatic rings. The number of ether oxygens (including phenoxy) is 1. The quantitative estimate of drug-likeness (QED) is 0.737. The number of fused-ring (bicyclic) bond motifs is 1. The van der Waals surface area contributed by atoms with Crippen LogP contribution < -0.4 is 0 Å². The van der Waals surface area contributed by atoms with Crippen LogP contribution in [0.4, 0.5) is 8.78 Å². The van der Waals surface area contributed by atoms with Crippen LogP contribution in [0.1, 0.15) is 29.2 Å². The number of hydrogen-bond donors (Lipinski definition) is 0. The summed E-state index contributed by atoms with van der Waals surface area (Å²) in [6, 6.07) is 15.3. The Labute approximate surface area is 169 Å². The molecular formula is C23H25F2N3O. The molecule has 2 aromatic rings. The number of halogens is 2. The van der Waals surface area contributed by atoms with Crippen molar-refractivity contribution >= 4 is 6.02 Å². The molecule has 1 fully saturated rings. The fourth-order valence-electron chi connectivity index (χ4n) is 4.85. The molecular weight excluding hydrogens is 372 g/mol. The first kappa shape index (κ1) is 18.6. The van der Waals surface area contributed by atoms with E-state index in [2.05, 4.69) is 26.9 Å². The number of piperidine rings is 1. The minimum absolute atomic E-state index is 0.131. The highest BCUT2D eigenvalue weighted by Gasteiger charge is 2.51. The van der Waals surface area contributed by atoms with Gasteiger partial charge in [0.05, 0.1) is 12.6 Å². The second-order valence-electron chi connectivity index (χ2n) is 8.36. The smallest absolute Gasteiger partial charge is 0.289 e. The molecule has 4 nitrogen and oxygen atoms in total. The molecule has 0 aliphatic carbocycles. The third-order valence-electron chi connectivity index (χ3n) is 6.36. The maximum Gasteiger partial charge on any atom is 0.289 e. The molecule has 29 heavy (non-hydrogen) atoms. The minimum Gasteiger partial charge on any atom is -0.452 e. The van der Waals surface area contributed by atoms with Crippen molar-refractivity contribution in [3.63, 3.8) is 0 Å². The van der Waals surface area contributed by atoms with Crippen molar-refractivity contribution in [3.8, 4) is 0 Å². The average molecular weight is 397 g/mol. The summed E-state index contributed by atoms with van der Waals surface area (Å²) in [6.45, 7) is 2.33. The molecule has 3 heterocycles. The Morgan fingerprint density at radius 3 is 2.72 bits per heavy atom. The van der Waals surface area contributed by atoms with Crippen LogP contribution in [0, 0.1) is 5.82 Å². The summed E-state index contributed by atoms with van der Waals surface area (Å²) in [4.78, 5) is 8.89. The number of alkyl halides is 1. The molecule has 6 heteroatoms. The van der Waals surface area contributed by atoms with E-state index in [-0.39, 0.29) is 11.9 Å². The van der Waals surface area contributed by atoms with Crippen molar-refractivity contribution in [1.29, 1.82) is 0 Å². The molecule has 0 saturated carbocycles. The van der Waals surface area contributed by atoms with Gasteiger partial charge in [0.15, 0.2) is 5.60 Å². The predicted molar refractivity (Wildman–Crippen MR) is 108 cm³/mol. The van der Waals surface area contributed by atoms with Crippen molar-refractivity contribution in [2.24, 2.45) is 4.99 Å². The molecule has 2 unspecified atom stereocenters. The van der Waals surface area contributed by atoms with Gasteiger partial charge in [-0.15, -0.1) is 0 Å². The van der Waals surface area contributed by atoms with Crippen LogP contribution in [0.2, 0.25) is 0 Å². The van der Waals surface area contributed by atoms with Gasteiger partial charge < -0.3 is 14.5 Å². The van der Waals surface area contributed by atoms with Gasteiger partial charge in [-0.05, 0) is 48.7 Å². The van der Waals surface area contributed by atoms with Crippen LogP contribution in [0.3, 0.4) is 0 Å². The van der Waals surface area contributed by atoms with Crippen molar-refractivity contribution in [3.05, 3.63) is 71.0 Å². The Bertz CT molecular complexity index is 932. The second kappa shape index (κ2) is 7.10. The number of aliphatic imine (C=N–C) groups is 1. The predicted octanol–water partition coefficient (Wildman–Crippen LogP) is 3.57. The van der Waals surface area contributed by atoms with Gasteiger partial charge in [-0.3, -0.25) is 0 Å². The zero-order valence-electron chi connectivity index (χ0n) is 16.5. The van der Waals surface area contributed by atoms with Gasteiger partial charge in [-0.2, -0.15) is 0 Å². The lowest BCUT2D eigenvalue weighted by Crippen LogP contribution is -2.57. The molecule has 0 radical (unpaired) electrons. The Hall–Kier alpha value is -2.47. The number of benzene rings is 2. The maximum atomic E-state index is 14.9. The summed E-state index contributed by atoms with van der Waals surface area (Å²) < 4.78 is 34.7. The standard InChI is InChI=1S/C23H25F2N3O/c1-27-12-11-20(25)23(15-27)14-26-22(29-23)28-13-10-16-4-2-3-5-19(16)21(28)17-6-8-18(24)9-7-17/h2-9,20-21H,10-15H2,1H3/t20?,21-,23?/m0/s1. The topological polar surface area (TPSA) is 28.1 Å². The molecule has 5 rings (SSSR count). The van der Waals surface area contributed by atoms with E-state index in [0.717, 1.165) is 30.6 Å². The van der Waals surface area contributed by atoms with Gasteiger partial charge in [-0.25, -0.2) is 13.8 Å². The van der Waals surface area contributed by atoms with E-state index in [0.29, 0.717) is 25.5 Å². The Morgan fingerprint density at radius 1 is 1.10 bits per heavy atom. The van der Waals surface area contributed by atoms with Gasteiger partial charge >= 0.3 is 0 Å². The van der Waals surface area contributed by atoms with Gasteiger partial charge in [0.2, 0.25) is 0 Å². The van der Waals surface area contributed by atoms with Crippen LogP contribution in [0.25, 0.3) is 0 Å². The first-order chi connectivity index (χ1) is 14.1. The van der Waals surface area contributed by atoms with E-state index in [9.17, 15) is 8.78 Å². The Balaban J connectivity index is 1.50. The average Bonchev–Trinajstić information content (AvgIpc) is 3.15. The molecule has 0 bridgehead atoms. The zero-order valence-corrected chi connectivity index (χ0v) is 16.5. The fourth-order valence-corrected chi connectivity index (χ4v) is 4.85.